The summed E-state index contributed by atoms with van der Waals surface area (Å²) in [5.74, 6) is 0.380. The zero-order chi connectivity index (χ0) is 14.2. The lowest BCUT2D eigenvalue weighted by Gasteiger charge is -2.04. The molecule has 0 saturated heterocycles. The largest absolute Gasteiger partial charge is 0.464 e. The fraction of sp³-hybridized carbons (Fsp3) is 0.308. The first-order valence-corrected chi connectivity index (χ1v) is 6.27. The summed E-state index contributed by atoms with van der Waals surface area (Å²) in [5.41, 5.74) is 0.881. The third kappa shape index (κ3) is 4.27. The molecule has 2 aromatic rings. The van der Waals surface area contributed by atoms with Gasteiger partial charge in [-0.05, 0) is 25.0 Å². The van der Waals surface area contributed by atoms with Crippen molar-refractivity contribution in [1.82, 2.24) is 19.9 Å². The minimum absolute atomic E-state index is 0.113. The van der Waals surface area contributed by atoms with Crippen LogP contribution in [0.3, 0.4) is 0 Å². The van der Waals surface area contributed by atoms with E-state index in [1.807, 2.05) is 6.92 Å². The second kappa shape index (κ2) is 7.13. The van der Waals surface area contributed by atoms with Crippen LogP contribution in [0.15, 0.2) is 31.0 Å². The van der Waals surface area contributed by atoms with E-state index in [1.54, 1.807) is 24.7 Å². The lowest BCUT2D eigenvalue weighted by molar-refractivity contribution is -0.116. The average Bonchev–Trinajstić information content (AvgIpc) is 2.48. The van der Waals surface area contributed by atoms with Crippen LogP contribution in [0.25, 0.3) is 0 Å². The van der Waals surface area contributed by atoms with Gasteiger partial charge in [-0.3, -0.25) is 4.79 Å². The van der Waals surface area contributed by atoms with Crippen molar-refractivity contribution in [3.05, 3.63) is 36.5 Å². The minimum atomic E-state index is -0.113. The van der Waals surface area contributed by atoms with Crippen molar-refractivity contribution in [1.29, 1.82) is 0 Å². The van der Waals surface area contributed by atoms with Crippen LogP contribution in [0, 0.1) is 0 Å². The SMILES string of the molecule is CCOc1ncc(CCC(=O)Nc2ccncn2)cn1. The van der Waals surface area contributed by atoms with Crippen LogP contribution in [0.5, 0.6) is 6.01 Å². The molecule has 0 unspecified atom stereocenters. The Morgan fingerprint density at radius 1 is 1.30 bits per heavy atom. The van der Waals surface area contributed by atoms with Crippen LogP contribution < -0.4 is 10.1 Å². The monoisotopic (exact) mass is 273 g/mol. The Morgan fingerprint density at radius 2 is 2.10 bits per heavy atom. The quantitative estimate of drug-likeness (QED) is 0.851. The van der Waals surface area contributed by atoms with Gasteiger partial charge in [-0.25, -0.2) is 19.9 Å². The van der Waals surface area contributed by atoms with Gasteiger partial charge in [-0.15, -0.1) is 0 Å². The summed E-state index contributed by atoms with van der Waals surface area (Å²) in [6, 6.07) is 1.99. The standard InChI is InChI=1S/C13H15N5O2/c1-2-20-13-15-7-10(8-16-13)3-4-12(19)18-11-5-6-14-9-17-11/h5-9H,2-4H2,1H3,(H,14,17,18,19). The van der Waals surface area contributed by atoms with E-state index in [1.165, 1.54) is 6.33 Å². The highest BCUT2D eigenvalue weighted by molar-refractivity contribution is 5.89. The van der Waals surface area contributed by atoms with E-state index in [0.717, 1.165) is 5.56 Å². The number of rotatable bonds is 6. The maximum absolute atomic E-state index is 11.7. The molecule has 0 bridgehead atoms. The van der Waals surface area contributed by atoms with E-state index in [2.05, 4.69) is 25.3 Å². The third-order valence-corrected chi connectivity index (χ3v) is 2.45. The van der Waals surface area contributed by atoms with E-state index in [-0.39, 0.29) is 5.91 Å². The first kappa shape index (κ1) is 13.9. The van der Waals surface area contributed by atoms with Crippen LogP contribution in [-0.2, 0) is 11.2 Å². The van der Waals surface area contributed by atoms with E-state index in [9.17, 15) is 4.79 Å². The Kier molecular flexibility index (Phi) is 4.94. The summed E-state index contributed by atoms with van der Waals surface area (Å²) in [6.45, 7) is 2.40. The summed E-state index contributed by atoms with van der Waals surface area (Å²) < 4.78 is 5.15. The molecule has 0 spiro atoms. The second-order valence-corrected chi connectivity index (χ2v) is 3.95. The molecule has 20 heavy (non-hydrogen) atoms. The maximum atomic E-state index is 11.7. The van der Waals surface area contributed by atoms with Crippen molar-refractivity contribution in [3.8, 4) is 6.01 Å². The summed E-state index contributed by atoms with van der Waals surface area (Å²) >= 11 is 0. The van der Waals surface area contributed by atoms with Crippen LogP contribution in [0.2, 0.25) is 0 Å². The molecule has 2 heterocycles. The summed E-state index contributed by atoms with van der Waals surface area (Å²) in [7, 11) is 0. The van der Waals surface area contributed by atoms with E-state index >= 15 is 0 Å². The first-order valence-electron chi connectivity index (χ1n) is 6.27. The molecule has 0 aliphatic rings. The van der Waals surface area contributed by atoms with Gasteiger partial charge < -0.3 is 10.1 Å². The molecular formula is C13H15N5O2. The number of aromatic nitrogens is 4. The van der Waals surface area contributed by atoms with E-state index < -0.39 is 0 Å². The molecule has 7 heteroatoms. The molecular weight excluding hydrogens is 258 g/mol. The van der Waals surface area contributed by atoms with Crippen molar-refractivity contribution in [2.24, 2.45) is 0 Å². The second-order valence-electron chi connectivity index (χ2n) is 3.95. The first-order chi connectivity index (χ1) is 9.78. The number of ether oxygens (including phenoxy) is 1. The number of amides is 1. The number of anilines is 1. The van der Waals surface area contributed by atoms with Gasteiger partial charge in [-0.1, -0.05) is 0 Å². The topological polar surface area (TPSA) is 89.9 Å². The number of hydrogen-bond acceptors (Lipinski definition) is 6. The van der Waals surface area contributed by atoms with Gasteiger partial charge in [0.2, 0.25) is 5.91 Å². The van der Waals surface area contributed by atoms with Gasteiger partial charge in [0.15, 0.2) is 0 Å². The molecule has 0 fully saturated rings. The molecule has 7 nitrogen and oxygen atoms in total. The van der Waals surface area contributed by atoms with Crippen LogP contribution in [-0.4, -0.2) is 32.4 Å². The van der Waals surface area contributed by atoms with Gasteiger partial charge in [0, 0.05) is 25.0 Å². The van der Waals surface area contributed by atoms with Crippen LogP contribution in [0.1, 0.15) is 18.9 Å². The van der Waals surface area contributed by atoms with Crippen molar-refractivity contribution >= 4 is 11.7 Å². The van der Waals surface area contributed by atoms with E-state index in [4.69, 9.17) is 4.74 Å². The number of carbonyl (C=O) groups excluding carboxylic acids is 1. The normalized spacial score (nSPS) is 10.1. The molecule has 0 aliphatic carbocycles. The predicted octanol–water partition coefficient (Wildman–Crippen LogP) is 1.24. The molecule has 1 N–H and O–H groups in total. The van der Waals surface area contributed by atoms with Crippen molar-refractivity contribution < 1.29 is 9.53 Å². The zero-order valence-corrected chi connectivity index (χ0v) is 11.1. The lowest BCUT2D eigenvalue weighted by atomic mass is 10.2. The molecule has 1 amide bonds. The average molecular weight is 273 g/mol. The molecule has 0 aliphatic heterocycles. The minimum Gasteiger partial charge on any atom is -0.464 e. The summed E-state index contributed by atoms with van der Waals surface area (Å²) in [6.07, 6.45) is 7.18. The number of aryl methyl sites for hydroxylation is 1. The number of hydrogen-bond donors (Lipinski definition) is 1. The summed E-state index contributed by atoms with van der Waals surface area (Å²) in [5, 5.41) is 2.69. The Hall–Kier alpha value is -2.57. The fourth-order valence-corrected chi connectivity index (χ4v) is 1.50. The Labute approximate surface area is 116 Å². The molecule has 0 radical (unpaired) electrons. The van der Waals surface area contributed by atoms with Gasteiger partial charge in [0.25, 0.3) is 0 Å². The molecule has 2 rings (SSSR count). The van der Waals surface area contributed by atoms with Gasteiger partial charge in [0.05, 0.1) is 6.61 Å². The van der Waals surface area contributed by atoms with Gasteiger partial charge in [0.1, 0.15) is 12.1 Å². The molecule has 0 saturated carbocycles. The summed E-state index contributed by atoms with van der Waals surface area (Å²) in [4.78, 5) is 27.5. The lowest BCUT2D eigenvalue weighted by Crippen LogP contribution is -2.13. The van der Waals surface area contributed by atoms with Gasteiger partial charge in [-0.2, -0.15) is 0 Å². The molecule has 0 atom stereocenters. The Balaban J connectivity index is 1.81. The molecule has 0 aromatic carbocycles. The molecule has 104 valence electrons. The smallest absolute Gasteiger partial charge is 0.316 e. The van der Waals surface area contributed by atoms with E-state index in [0.29, 0.717) is 31.3 Å². The van der Waals surface area contributed by atoms with Crippen LogP contribution >= 0.6 is 0 Å². The maximum Gasteiger partial charge on any atom is 0.316 e. The fourth-order valence-electron chi connectivity index (χ4n) is 1.50. The number of nitrogens with one attached hydrogen (secondary N) is 1. The van der Waals surface area contributed by atoms with Crippen molar-refractivity contribution in [3.63, 3.8) is 0 Å². The highest BCUT2D eigenvalue weighted by Crippen LogP contribution is 2.06. The Morgan fingerprint density at radius 3 is 2.75 bits per heavy atom. The van der Waals surface area contributed by atoms with Gasteiger partial charge >= 0.3 is 6.01 Å². The Bertz CT molecular complexity index is 544. The third-order valence-electron chi connectivity index (χ3n) is 2.45. The zero-order valence-electron chi connectivity index (χ0n) is 11.1. The molecule has 2 aromatic heterocycles. The van der Waals surface area contributed by atoms with Crippen molar-refractivity contribution in [2.45, 2.75) is 19.8 Å². The number of nitrogens with zero attached hydrogens (tertiary/aromatic N) is 4. The van der Waals surface area contributed by atoms with Crippen molar-refractivity contribution in [2.75, 3.05) is 11.9 Å². The van der Waals surface area contributed by atoms with Crippen LogP contribution in [0.4, 0.5) is 5.82 Å². The highest BCUT2D eigenvalue weighted by atomic mass is 16.5. The predicted molar refractivity (Wildman–Crippen MR) is 72.2 cm³/mol. The highest BCUT2D eigenvalue weighted by Gasteiger charge is 2.05. The number of carbonyl (C=O) groups is 1.